The van der Waals surface area contributed by atoms with Crippen LogP contribution >= 0.6 is 0 Å². The van der Waals surface area contributed by atoms with Crippen LogP contribution in [-0.4, -0.2) is 40.0 Å². The fraction of sp³-hybridized carbons (Fsp3) is 0.412. The number of hydroxylamine groups is 1. The molecular weight excluding hydrogens is 348 g/mol. The van der Waals surface area contributed by atoms with Crippen LogP contribution in [0.25, 0.3) is 10.9 Å². The second kappa shape index (κ2) is 6.03. The highest BCUT2D eigenvalue weighted by Gasteiger charge is 2.32. The monoisotopic (exact) mass is 365 g/mol. The Morgan fingerprint density at radius 3 is 2.58 bits per heavy atom. The van der Waals surface area contributed by atoms with Gasteiger partial charge in [0.15, 0.2) is 5.82 Å². The molecule has 2 aromatic rings. The van der Waals surface area contributed by atoms with Crippen LogP contribution in [0.15, 0.2) is 17.1 Å². The van der Waals surface area contributed by atoms with E-state index < -0.39 is 28.6 Å². The summed E-state index contributed by atoms with van der Waals surface area (Å²) in [6.07, 6.45) is 3.14. The van der Waals surface area contributed by atoms with E-state index >= 15 is 4.39 Å². The lowest BCUT2D eigenvalue weighted by Gasteiger charge is -2.22. The highest BCUT2D eigenvalue weighted by atomic mass is 19.1. The third-order valence-corrected chi connectivity index (χ3v) is 5.04. The van der Waals surface area contributed by atoms with Crippen molar-refractivity contribution in [3.8, 4) is 0 Å². The first kappa shape index (κ1) is 16.9. The standard InChI is InChI=1S/C17H17F2N3O4/c18-12-5-10-14(13(19)15(12)21-4-3-8(6-21)20-26)22(9-1-2-9)7-11(16(10)23)17(24)25/h5,7-9,20,26H,1-4,6H2,(H,24,25). The second-order valence-electron chi connectivity index (χ2n) is 6.79. The molecule has 2 heterocycles. The zero-order valence-electron chi connectivity index (χ0n) is 13.7. The van der Waals surface area contributed by atoms with Gasteiger partial charge < -0.3 is 19.8 Å². The maximum atomic E-state index is 15.3. The van der Waals surface area contributed by atoms with E-state index in [1.807, 2.05) is 0 Å². The molecule has 1 atom stereocenters. The Bertz CT molecular complexity index is 971. The predicted molar refractivity (Wildman–Crippen MR) is 88.9 cm³/mol. The van der Waals surface area contributed by atoms with E-state index in [9.17, 15) is 19.1 Å². The number of carboxylic acid groups (broad SMARTS) is 1. The Hall–Kier alpha value is -2.52. The molecule has 0 spiro atoms. The molecule has 4 rings (SSSR count). The normalized spacial score (nSPS) is 20.1. The Morgan fingerprint density at radius 1 is 1.27 bits per heavy atom. The number of hydrogen-bond acceptors (Lipinski definition) is 5. The molecule has 0 amide bonds. The van der Waals surface area contributed by atoms with Gasteiger partial charge in [0.2, 0.25) is 5.43 Å². The third kappa shape index (κ3) is 2.55. The molecule has 1 saturated heterocycles. The van der Waals surface area contributed by atoms with Crippen molar-refractivity contribution in [1.82, 2.24) is 10.0 Å². The summed E-state index contributed by atoms with van der Waals surface area (Å²) in [4.78, 5) is 25.2. The molecule has 1 aromatic heterocycles. The number of carbonyl (C=O) groups is 1. The molecular formula is C17H17F2N3O4. The SMILES string of the molecule is O=C(O)c1cn(C2CC2)c2c(F)c(N3CCC(NO)C3)c(F)cc2c1=O. The quantitative estimate of drug-likeness (QED) is 0.716. The Balaban J connectivity index is 1.97. The lowest BCUT2D eigenvalue weighted by molar-refractivity contribution is 0.0694. The van der Waals surface area contributed by atoms with E-state index in [-0.39, 0.29) is 35.2 Å². The van der Waals surface area contributed by atoms with Crippen molar-refractivity contribution in [1.29, 1.82) is 0 Å². The van der Waals surface area contributed by atoms with Gasteiger partial charge in [0.1, 0.15) is 17.1 Å². The molecule has 1 unspecified atom stereocenters. The number of carboxylic acids is 1. The number of nitrogens with one attached hydrogen (secondary N) is 1. The van der Waals surface area contributed by atoms with Crippen LogP contribution in [0.4, 0.5) is 14.5 Å². The summed E-state index contributed by atoms with van der Waals surface area (Å²) < 4.78 is 31.4. The third-order valence-electron chi connectivity index (χ3n) is 5.04. The Morgan fingerprint density at radius 2 is 2.00 bits per heavy atom. The molecule has 2 aliphatic rings. The second-order valence-corrected chi connectivity index (χ2v) is 6.79. The first-order valence-electron chi connectivity index (χ1n) is 8.37. The highest BCUT2D eigenvalue weighted by molar-refractivity contribution is 5.94. The maximum Gasteiger partial charge on any atom is 0.341 e. The summed E-state index contributed by atoms with van der Waals surface area (Å²) in [5.74, 6) is -3.22. The van der Waals surface area contributed by atoms with E-state index in [0.29, 0.717) is 13.0 Å². The molecule has 0 bridgehead atoms. The smallest absolute Gasteiger partial charge is 0.341 e. The number of fused-ring (bicyclic) bond motifs is 1. The van der Waals surface area contributed by atoms with Crippen molar-refractivity contribution in [3.63, 3.8) is 0 Å². The van der Waals surface area contributed by atoms with E-state index in [2.05, 4.69) is 5.48 Å². The molecule has 9 heteroatoms. The van der Waals surface area contributed by atoms with Gasteiger partial charge in [-0.25, -0.2) is 19.1 Å². The van der Waals surface area contributed by atoms with E-state index in [1.54, 1.807) is 0 Å². The maximum absolute atomic E-state index is 15.3. The molecule has 2 fully saturated rings. The fourth-order valence-corrected chi connectivity index (χ4v) is 3.58. The van der Waals surface area contributed by atoms with Gasteiger partial charge in [-0.2, -0.15) is 0 Å². The van der Waals surface area contributed by atoms with Crippen molar-refractivity contribution in [3.05, 3.63) is 39.7 Å². The van der Waals surface area contributed by atoms with Crippen LogP contribution in [0, 0.1) is 11.6 Å². The number of hydrogen-bond donors (Lipinski definition) is 3. The minimum atomic E-state index is -1.42. The number of nitrogens with zero attached hydrogens (tertiary/aromatic N) is 2. The van der Waals surface area contributed by atoms with Crippen molar-refractivity contribution in [2.24, 2.45) is 0 Å². The number of halogens is 2. The lowest BCUT2D eigenvalue weighted by Crippen LogP contribution is -2.31. The zero-order valence-corrected chi connectivity index (χ0v) is 13.7. The predicted octanol–water partition coefficient (Wildman–Crippen LogP) is 1.87. The molecule has 3 N–H and O–H groups in total. The largest absolute Gasteiger partial charge is 0.477 e. The van der Waals surface area contributed by atoms with Gasteiger partial charge in [-0.3, -0.25) is 4.79 Å². The van der Waals surface area contributed by atoms with Crippen molar-refractivity contribution in [2.45, 2.75) is 31.3 Å². The number of benzene rings is 1. The number of aromatic nitrogens is 1. The minimum absolute atomic E-state index is 0.0701. The zero-order chi connectivity index (χ0) is 18.6. The van der Waals surface area contributed by atoms with Crippen molar-refractivity contribution in [2.75, 3.05) is 18.0 Å². The summed E-state index contributed by atoms with van der Waals surface area (Å²) in [5.41, 5.74) is 0.377. The molecule has 26 heavy (non-hydrogen) atoms. The van der Waals surface area contributed by atoms with Crippen LogP contribution in [0.1, 0.15) is 35.7 Å². The first-order chi connectivity index (χ1) is 12.4. The number of pyridine rings is 1. The van der Waals surface area contributed by atoms with Crippen molar-refractivity contribution < 1.29 is 23.9 Å². The summed E-state index contributed by atoms with van der Waals surface area (Å²) in [6, 6.07) is 0.514. The molecule has 138 valence electrons. The van der Waals surface area contributed by atoms with Crippen molar-refractivity contribution >= 4 is 22.6 Å². The summed E-state index contributed by atoms with van der Waals surface area (Å²) in [5, 5.41) is 18.0. The van der Waals surface area contributed by atoms with Gasteiger partial charge in [-0.05, 0) is 25.3 Å². The average molecular weight is 365 g/mol. The van der Waals surface area contributed by atoms with Gasteiger partial charge >= 0.3 is 5.97 Å². The molecule has 1 aliphatic carbocycles. The van der Waals surface area contributed by atoms with Gasteiger partial charge in [-0.15, -0.1) is 0 Å². The lowest BCUT2D eigenvalue weighted by atomic mass is 10.1. The topological polar surface area (TPSA) is 94.8 Å². The van der Waals surface area contributed by atoms with Gasteiger partial charge in [0, 0.05) is 25.3 Å². The summed E-state index contributed by atoms with van der Waals surface area (Å²) >= 11 is 0. The van der Waals surface area contributed by atoms with E-state index in [0.717, 1.165) is 25.1 Å². The van der Waals surface area contributed by atoms with E-state index in [1.165, 1.54) is 9.47 Å². The van der Waals surface area contributed by atoms with Gasteiger partial charge in [0.05, 0.1) is 16.9 Å². The Labute approximate surface area is 146 Å². The van der Waals surface area contributed by atoms with Crippen LogP contribution in [0.2, 0.25) is 0 Å². The molecule has 1 aromatic carbocycles. The van der Waals surface area contributed by atoms with Crippen LogP contribution < -0.4 is 15.8 Å². The molecule has 1 saturated carbocycles. The van der Waals surface area contributed by atoms with Crippen LogP contribution in [0.5, 0.6) is 0 Å². The molecule has 7 nitrogen and oxygen atoms in total. The Kier molecular flexibility index (Phi) is 3.92. The molecule has 1 aliphatic heterocycles. The summed E-state index contributed by atoms with van der Waals surface area (Å²) in [6.45, 7) is 0.565. The van der Waals surface area contributed by atoms with Gasteiger partial charge in [0.25, 0.3) is 0 Å². The number of rotatable bonds is 4. The van der Waals surface area contributed by atoms with Crippen LogP contribution in [-0.2, 0) is 0 Å². The van der Waals surface area contributed by atoms with Gasteiger partial charge in [-0.1, -0.05) is 0 Å². The molecule has 0 radical (unpaired) electrons. The first-order valence-corrected chi connectivity index (χ1v) is 8.37. The number of anilines is 1. The fourth-order valence-electron chi connectivity index (χ4n) is 3.58. The van der Waals surface area contributed by atoms with Crippen LogP contribution in [0.3, 0.4) is 0 Å². The highest BCUT2D eigenvalue weighted by Crippen LogP contribution is 2.40. The van der Waals surface area contributed by atoms with E-state index in [4.69, 9.17) is 5.21 Å². The minimum Gasteiger partial charge on any atom is -0.477 e. The average Bonchev–Trinajstić information content (AvgIpc) is 3.33. The summed E-state index contributed by atoms with van der Waals surface area (Å²) in [7, 11) is 0. The number of aromatic carboxylic acids is 1.